The largest absolute Gasteiger partial charge is 0.489 e. The second-order valence-electron chi connectivity index (χ2n) is 6.06. The van der Waals surface area contributed by atoms with Gasteiger partial charge in [-0.05, 0) is 29.8 Å². The van der Waals surface area contributed by atoms with Crippen molar-refractivity contribution in [2.45, 2.75) is 6.61 Å². The van der Waals surface area contributed by atoms with E-state index >= 15 is 0 Å². The molecular formula is C20H16ClFN2O5. The van der Waals surface area contributed by atoms with Crippen LogP contribution < -0.4 is 16.0 Å². The van der Waals surface area contributed by atoms with E-state index < -0.39 is 23.0 Å². The Morgan fingerprint density at radius 1 is 1.10 bits per heavy atom. The molecule has 0 saturated carbocycles. The van der Waals surface area contributed by atoms with Crippen LogP contribution in [0.1, 0.15) is 16.1 Å². The Bertz CT molecular complexity index is 1180. The molecule has 0 amide bonds. The van der Waals surface area contributed by atoms with Crippen LogP contribution in [0.25, 0.3) is 5.69 Å². The average Bonchev–Trinajstić information content (AvgIpc) is 2.71. The van der Waals surface area contributed by atoms with Crippen molar-refractivity contribution in [1.29, 1.82) is 0 Å². The molecular weight excluding hydrogens is 403 g/mol. The topological polar surface area (TPSA) is 79.5 Å². The average molecular weight is 419 g/mol. The van der Waals surface area contributed by atoms with Gasteiger partial charge in [0.2, 0.25) is 0 Å². The molecule has 3 aromatic rings. The minimum Gasteiger partial charge on any atom is -0.489 e. The Hall–Kier alpha value is -3.39. The summed E-state index contributed by atoms with van der Waals surface area (Å²) in [5.41, 5.74) is -1.40. The number of ether oxygens (including phenoxy) is 2. The molecule has 1 heterocycles. The maximum absolute atomic E-state index is 14.6. The lowest BCUT2D eigenvalue weighted by molar-refractivity contribution is 0.0587. The molecule has 3 rings (SSSR count). The first-order chi connectivity index (χ1) is 13.8. The van der Waals surface area contributed by atoms with Crippen LogP contribution >= 0.6 is 11.6 Å². The van der Waals surface area contributed by atoms with E-state index in [0.29, 0.717) is 9.59 Å². The van der Waals surface area contributed by atoms with E-state index in [0.717, 1.165) is 29.4 Å². The van der Waals surface area contributed by atoms with Gasteiger partial charge in [0.15, 0.2) is 5.82 Å². The molecule has 0 spiro atoms. The molecule has 0 radical (unpaired) electrons. The summed E-state index contributed by atoms with van der Waals surface area (Å²) in [7, 11) is 2.41. The first-order valence-corrected chi connectivity index (χ1v) is 8.78. The summed E-state index contributed by atoms with van der Waals surface area (Å²) in [5, 5.41) is 0.592. The molecule has 0 fully saturated rings. The number of benzene rings is 2. The van der Waals surface area contributed by atoms with Crippen LogP contribution in [0.4, 0.5) is 4.39 Å². The van der Waals surface area contributed by atoms with Gasteiger partial charge in [-0.25, -0.2) is 18.5 Å². The molecule has 1 aromatic heterocycles. The number of halogens is 2. The molecule has 9 heteroatoms. The maximum Gasteiger partial charge on any atom is 0.355 e. The summed E-state index contributed by atoms with van der Waals surface area (Å²) in [6.07, 6.45) is 0. The van der Waals surface area contributed by atoms with E-state index in [-0.39, 0.29) is 23.7 Å². The normalized spacial score (nSPS) is 10.6. The van der Waals surface area contributed by atoms with Gasteiger partial charge in [-0.2, -0.15) is 0 Å². The summed E-state index contributed by atoms with van der Waals surface area (Å²) >= 11 is 5.83. The van der Waals surface area contributed by atoms with Gasteiger partial charge >= 0.3 is 11.7 Å². The van der Waals surface area contributed by atoms with Crippen molar-refractivity contribution in [3.05, 3.63) is 91.5 Å². The lowest BCUT2D eigenvalue weighted by Gasteiger charge is -2.12. The highest BCUT2D eigenvalue weighted by molar-refractivity contribution is 6.30. The highest BCUT2D eigenvalue weighted by atomic mass is 35.5. The van der Waals surface area contributed by atoms with E-state index in [1.54, 1.807) is 24.3 Å². The number of methoxy groups -OCH3 is 1. The van der Waals surface area contributed by atoms with Crippen molar-refractivity contribution in [1.82, 2.24) is 9.13 Å². The van der Waals surface area contributed by atoms with Crippen LogP contribution in [0.15, 0.2) is 58.1 Å². The summed E-state index contributed by atoms with van der Waals surface area (Å²) in [6.45, 7) is 0.186. The quantitative estimate of drug-likeness (QED) is 0.595. The van der Waals surface area contributed by atoms with Gasteiger partial charge in [-0.3, -0.25) is 9.36 Å². The summed E-state index contributed by atoms with van der Waals surface area (Å²) in [5.74, 6) is -1.46. The zero-order valence-electron chi connectivity index (χ0n) is 15.5. The predicted octanol–water partition coefficient (Wildman–Crippen LogP) is 2.69. The number of carbonyl (C=O) groups is 1. The Morgan fingerprint density at radius 2 is 1.79 bits per heavy atom. The number of carbonyl (C=O) groups excluding carboxylic acids is 1. The molecule has 150 valence electrons. The third kappa shape index (κ3) is 4.22. The fourth-order valence-electron chi connectivity index (χ4n) is 2.65. The molecule has 2 aromatic carbocycles. The number of rotatable bonds is 5. The van der Waals surface area contributed by atoms with Crippen molar-refractivity contribution < 1.29 is 18.7 Å². The monoisotopic (exact) mass is 418 g/mol. The van der Waals surface area contributed by atoms with Crippen LogP contribution in [0.2, 0.25) is 5.02 Å². The fraction of sp³-hybridized carbons (Fsp3) is 0.150. The number of hydrogen-bond donors (Lipinski definition) is 0. The molecule has 0 unspecified atom stereocenters. The molecule has 0 aliphatic rings. The van der Waals surface area contributed by atoms with Gasteiger partial charge in [-0.15, -0.1) is 0 Å². The standard InChI is InChI=1S/C20H16ClFN2O5/c1-23-17(19(26)28-2)10-18(25)24(20(23)27)16-8-7-14(9-15(16)22)29-11-12-3-5-13(21)6-4-12/h3-10H,11H2,1-2H3. The van der Waals surface area contributed by atoms with Gasteiger partial charge in [0.25, 0.3) is 5.56 Å². The highest BCUT2D eigenvalue weighted by Crippen LogP contribution is 2.20. The van der Waals surface area contributed by atoms with Gasteiger partial charge in [0.05, 0.1) is 12.8 Å². The molecule has 0 N–H and O–H groups in total. The van der Waals surface area contributed by atoms with Crippen molar-refractivity contribution in [2.24, 2.45) is 7.05 Å². The highest BCUT2D eigenvalue weighted by Gasteiger charge is 2.18. The van der Waals surface area contributed by atoms with E-state index in [9.17, 15) is 18.8 Å². The van der Waals surface area contributed by atoms with Crippen LogP contribution in [-0.2, 0) is 18.4 Å². The third-order valence-corrected chi connectivity index (χ3v) is 4.45. The number of nitrogens with zero attached hydrogens (tertiary/aromatic N) is 2. The number of aromatic nitrogens is 2. The lowest BCUT2D eigenvalue weighted by Crippen LogP contribution is -2.40. The van der Waals surface area contributed by atoms with Crippen molar-refractivity contribution in [3.63, 3.8) is 0 Å². The van der Waals surface area contributed by atoms with E-state index in [2.05, 4.69) is 4.74 Å². The van der Waals surface area contributed by atoms with Gasteiger partial charge in [0, 0.05) is 24.2 Å². The van der Waals surface area contributed by atoms with Crippen molar-refractivity contribution in [3.8, 4) is 11.4 Å². The summed E-state index contributed by atoms with van der Waals surface area (Å²) in [4.78, 5) is 36.5. The lowest BCUT2D eigenvalue weighted by atomic mass is 10.2. The summed E-state index contributed by atoms with van der Waals surface area (Å²) < 4.78 is 26.3. The second-order valence-corrected chi connectivity index (χ2v) is 6.50. The first-order valence-electron chi connectivity index (χ1n) is 8.40. The molecule has 0 bridgehead atoms. The Morgan fingerprint density at radius 3 is 2.41 bits per heavy atom. The minimum atomic E-state index is -0.883. The van der Waals surface area contributed by atoms with Crippen molar-refractivity contribution in [2.75, 3.05) is 7.11 Å². The first kappa shape index (κ1) is 20.3. The van der Waals surface area contributed by atoms with Gasteiger partial charge in [0.1, 0.15) is 18.1 Å². The van der Waals surface area contributed by atoms with Gasteiger partial charge in [-0.1, -0.05) is 23.7 Å². The Kier molecular flexibility index (Phi) is 5.84. The third-order valence-electron chi connectivity index (χ3n) is 4.19. The van der Waals surface area contributed by atoms with Crippen LogP contribution in [-0.4, -0.2) is 22.2 Å². The van der Waals surface area contributed by atoms with Crippen LogP contribution in [0.3, 0.4) is 0 Å². The fourth-order valence-corrected chi connectivity index (χ4v) is 2.78. The molecule has 7 nitrogen and oxygen atoms in total. The predicted molar refractivity (Wildman–Crippen MR) is 104 cm³/mol. The smallest absolute Gasteiger partial charge is 0.355 e. The van der Waals surface area contributed by atoms with Crippen LogP contribution in [0, 0.1) is 5.82 Å². The minimum absolute atomic E-state index is 0.186. The molecule has 0 atom stereocenters. The zero-order chi connectivity index (χ0) is 21.1. The molecule has 29 heavy (non-hydrogen) atoms. The van der Waals surface area contributed by atoms with Gasteiger partial charge < -0.3 is 9.47 Å². The molecule has 0 aliphatic heterocycles. The number of hydrogen-bond acceptors (Lipinski definition) is 5. The van der Waals surface area contributed by atoms with Crippen molar-refractivity contribution >= 4 is 17.6 Å². The SMILES string of the molecule is COC(=O)c1cc(=O)n(-c2ccc(OCc3ccc(Cl)cc3)cc2F)c(=O)n1C. The maximum atomic E-state index is 14.6. The van der Waals surface area contributed by atoms with E-state index in [1.165, 1.54) is 19.2 Å². The number of esters is 1. The zero-order valence-corrected chi connectivity index (χ0v) is 16.3. The Balaban J connectivity index is 1.92. The van der Waals surface area contributed by atoms with Crippen LogP contribution in [0.5, 0.6) is 5.75 Å². The second kappa shape index (κ2) is 8.32. The molecule has 0 aliphatic carbocycles. The Labute approximate surface area is 169 Å². The molecule has 0 saturated heterocycles. The summed E-state index contributed by atoms with van der Waals surface area (Å²) in [6, 6.07) is 11.7. The van der Waals surface area contributed by atoms with E-state index in [4.69, 9.17) is 16.3 Å². The van der Waals surface area contributed by atoms with E-state index in [1.807, 2.05) is 0 Å².